The molecule has 2 fully saturated rings. The van der Waals surface area contributed by atoms with E-state index in [9.17, 15) is 13.2 Å². The van der Waals surface area contributed by atoms with Crippen molar-refractivity contribution >= 4 is 0 Å². The molecule has 0 amide bonds. The summed E-state index contributed by atoms with van der Waals surface area (Å²) in [5.41, 5.74) is 0. The second kappa shape index (κ2) is 8.50. The summed E-state index contributed by atoms with van der Waals surface area (Å²) in [6.45, 7) is 5.63. The van der Waals surface area contributed by atoms with Crippen molar-refractivity contribution in [2.24, 2.45) is 5.92 Å². The van der Waals surface area contributed by atoms with Gasteiger partial charge in [-0.15, -0.1) is 0 Å². The molecule has 1 aliphatic heterocycles. The van der Waals surface area contributed by atoms with Gasteiger partial charge >= 0.3 is 6.18 Å². The monoisotopic (exact) mass is 322 g/mol. The Morgan fingerprint density at radius 1 is 0.955 bits per heavy atom. The van der Waals surface area contributed by atoms with Gasteiger partial charge in [0.15, 0.2) is 0 Å². The molecule has 2 atom stereocenters. The molecule has 3 nitrogen and oxygen atoms in total. The first-order valence-electron chi connectivity index (χ1n) is 8.57. The van der Waals surface area contributed by atoms with Gasteiger partial charge in [0.2, 0.25) is 0 Å². The van der Waals surface area contributed by atoms with Crippen LogP contribution in [0.4, 0.5) is 13.2 Å². The highest BCUT2D eigenvalue weighted by molar-refractivity contribution is 4.74. The third kappa shape index (κ3) is 6.42. The molecule has 0 N–H and O–H groups in total. The molecule has 130 valence electrons. The molecular formula is C16H29F3N2O. The molecule has 0 aromatic heterocycles. The van der Waals surface area contributed by atoms with E-state index in [1.807, 2.05) is 0 Å². The minimum absolute atomic E-state index is 0.377. The van der Waals surface area contributed by atoms with Gasteiger partial charge in [-0.2, -0.15) is 13.2 Å². The Morgan fingerprint density at radius 2 is 1.64 bits per heavy atom. The van der Waals surface area contributed by atoms with Crippen molar-refractivity contribution in [3.8, 4) is 0 Å². The second-order valence-corrected chi connectivity index (χ2v) is 6.76. The Hall–Kier alpha value is -0.330. The molecule has 2 unspecified atom stereocenters. The topological polar surface area (TPSA) is 15.7 Å². The van der Waals surface area contributed by atoms with Crippen LogP contribution >= 0.6 is 0 Å². The van der Waals surface area contributed by atoms with Crippen LogP contribution in [-0.2, 0) is 4.74 Å². The Balaban J connectivity index is 1.64. The van der Waals surface area contributed by atoms with Crippen molar-refractivity contribution < 1.29 is 17.9 Å². The van der Waals surface area contributed by atoms with E-state index in [1.54, 1.807) is 0 Å². The van der Waals surface area contributed by atoms with Crippen LogP contribution < -0.4 is 0 Å². The Morgan fingerprint density at radius 3 is 2.36 bits per heavy atom. The Bertz CT molecular complexity index is 325. The Labute approximate surface area is 131 Å². The summed E-state index contributed by atoms with van der Waals surface area (Å²) in [7, 11) is 0. The highest BCUT2D eigenvalue weighted by Crippen LogP contribution is 2.26. The fourth-order valence-corrected chi connectivity index (χ4v) is 3.52. The number of ether oxygens (including phenoxy) is 1. The molecule has 1 heterocycles. The van der Waals surface area contributed by atoms with E-state index >= 15 is 0 Å². The van der Waals surface area contributed by atoms with Crippen LogP contribution in [-0.4, -0.2) is 68.0 Å². The van der Waals surface area contributed by atoms with Crippen LogP contribution in [0.15, 0.2) is 0 Å². The molecule has 1 aliphatic carbocycles. The van der Waals surface area contributed by atoms with Crippen LogP contribution in [0, 0.1) is 5.92 Å². The van der Waals surface area contributed by atoms with Gasteiger partial charge in [-0.3, -0.25) is 9.80 Å². The van der Waals surface area contributed by atoms with E-state index in [-0.39, 0.29) is 0 Å². The Kier molecular flexibility index (Phi) is 6.96. The number of halogens is 3. The minimum atomic E-state index is -4.09. The number of nitrogens with zero attached hydrogens (tertiary/aromatic N) is 2. The van der Waals surface area contributed by atoms with E-state index < -0.39 is 12.7 Å². The predicted octanol–water partition coefficient (Wildman–Crippen LogP) is 3.15. The van der Waals surface area contributed by atoms with E-state index in [0.29, 0.717) is 38.3 Å². The van der Waals surface area contributed by atoms with Gasteiger partial charge in [-0.25, -0.2) is 0 Å². The van der Waals surface area contributed by atoms with Gasteiger partial charge in [0.05, 0.1) is 19.3 Å². The summed E-state index contributed by atoms with van der Waals surface area (Å²) < 4.78 is 43.3. The summed E-state index contributed by atoms with van der Waals surface area (Å²) in [5, 5.41) is 0. The maximum atomic E-state index is 12.4. The first-order valence-corrected chi connectivity index (χ1v) is 8.57. The molecule has 6 heteroatoms. The summed E-state index contributed by atoms with van der Waals surface area (Å²) in [4.78, 5) is 3.76. The van der Waals surface area contributed by atoms with Crippen LogP contribution in [0.3, 0.4) is 0 Å². The highest BCUT2D eigenvalue weighted by Gasteiger charge is 2.31. The lowest BCUT2D eigenvalue weighted by molar-refractivity contribution is -0.145. The lowest BCUT2D eigenvalue weighted by atomic mass is 9.88. The number of hydrogen-bond donors (Lipinski definition) is 0. The van der Waals surface area contributed by atoms with Crippen molar-refractivity contribution in [2.45, 2.75) is 51.3 Å². The molecule has 0 spiro atoms. The van der Waals surface area contributed by atoms with Crippen LogP contribution in [0.5, 0.6) is 0 Å². The van der Waals surface area contributed by atoms with Gasteiger partial charge in [0.1, 0.15) is 0 Å². The summed E-state index contributed by atoms with van der Waals surface area (Å²) in [5.74, 6) is 0.639. The first kappa shape index (κ1) is 18.0. The standard InChI is InChI=1S/C16H29F3N2O/c1-14-5-2-3-6-15(14)22-12-11-20-7-4-8-21(10-9-20)13-16(17,18)19/h14-15H,2-13H2,1H3. The maximum absolute atomic E-state index is 12.4. The van der Waals surface area contributed by atoms with Crippen molar-refractivity contribution in [1.82, 2.24) is 9.80 Å². The third-order valence-corrected chi connectivity index (χ3v) is 4.86. The number of alkyl halides is 3. The third-order valence-electron chi connectivity index (χ3n) is 4.86. The average molecular weight is 322 g/mol. The molecule has 1 saturated carbocycles. The van der Waals surface area contributed by atoms with Gasteiger partial charge in [0.25, 0.3) is 0 Å². The molecule has 22 heavy (non-hydrogen) atoms. The molecule has 0 aromatic rings. The zero-order valence-electron chi connectivity index (χ0n) is 13.6. The summed E-state index contributed by atoms with van der Waals surface area (Å²) in [6, 6.07) is 0. The van der Waals surface area contributed by atoms with Gasteiger partial charge < -0.3 is 4.74 Å². The zero-order valence-corrected chi connectivity index (χ0v) is 13.6. The van der Waals surface area contributed by atoms with E-state index in [0.717, 1.165) is 25.9 Å². The van der Waals surface area contributed by atoms with E-state index in [4.69, 9.17) is 4.74 Å². The molecular weight excluding hydrogens is 293 g/mol. The number of rotatable bonds is 5. The van der Waals surface area contributed by atoms with E-state index in [1.165, 1.54) is 24.2 Å². The summed E-state index contributed by atoms with van der Waals surface area (Å²) in [6.07, 6.45) is 2.06. The smallest absolute Gasteiger partial charge is 0.377 e. The highest BCUT2D eigenvalue weighted by atomic mass is 19.4. The number of hydrogen-bond acceptors (Lipinski definition) is 3. The first-order chi connectivity index (χ1) is 10.4. The molecule has 2 aliphatic rings. The van der Waals surface area contributed by atoms with Gasteiger partial charge in [-0.1, -0.05) is 19.8 Å². The molecule has 0 bridgehead atoms. The van der Waals surface area contributed by atoms with Crippen LogP contribution in [0.25, 0.3) is 0 Å². The fraction of sp³-hybridized carbons (Fsp3) is 1.00. The molecule has 1 saturated heterocycles. The quantitative estimate of drug-likeness (QED) is 0.773. The fourth-order valence-electron chi connectivity index (χ4n) is 3.52. The van der Waals surface area contributed by atoms with Gasteiger partial charge in [-0.05, 0) is 38.3 Å². The minimum Gasteiger partial charge on any atom is -0.377 e. The molecule has 2 rings (SSSR count). The maximum Gasteiger partial charge on any atom is 0.401 e. The van der Waals surface area contributed by atoms with Crippen molar-refractivity contribution in [1.29, 1.82) is 0 Å². The van der Waals surface area contributed by atoms with Crippen LogP contribution in [0.1, 0.15) is 39.0 Å². The van der Waals surface area contributed by atoms with Crippen molar-refractivity contribution in [2.75, 3.05) is 45.9 Å². The largest absolute Gasteiger partial charge is 0.401 e. The zero-order chi connectivity index (χ0) is 16.0. The van der Waals surface area contributed by atoms with Crippen molar-refractivity contribution in [3.05, 3.63) is 0 Å². The molecule has 0 aromatic carbocycles. The molecule has 0 radical (unpaired) electrons. The SMILES string of the molecule is CC1CCCCC1OCCN1CCCN(CC(F)(F)F)CC1. The predicted molar refractivity (Wildman–Crippen MR) is 80.9 cm³/mol. The second-order valence-electron chi connectivity index (χ2n) is 6.76. The summed E-state index contributed by atoms with van der Waals surface area (Å²) >= 11 is 0. The lowest BCUT2D eigenvalue weighted by Gasteiger charge is -2.30. The van der Waals surface area contributed by atoms with Crippen molar-refractivity contribution in [3.63, 3.8) is 0 Å². The normalized spacial score (nSPS) is 29.5. The lowest BCUT2D eigenvalue weighted by Crippen LogP contribution is -2.38. The van der Waals surface area contributed by atoms with Gasteiger partial charge in [0, 0.05) is 19.6 Å². The average Bonchev–Trinajstić information content (AvgIpc) is 2.65. The van der Waals surface area contributed by atoms with E-state index in [2.05, 4.69) is 11.8 Å². The van der Waals surface area contributed by atoms with Crippen LogP contribution in [0.2, 0.25) is 0 Å².